The van der Waals surface area contributed by atoms with Gasteiger partial charge in [-0.15, -0.1) is 0 Å². The maximum atomic E-state index is 13.8. The quantitative estimate of drug-likeness (QED) is 0.278. The molecule has 4 N–H and O–H groups in total. The minimum absolute atomic E-state index is 0.279. The van der Waals surface area contributed by atoms with Crippen molar-refractivity contribution in [3.05, 3.63) is 42.7 Å². The SMILES string of the molecule is CNC(C)C(=O)NC(C(=O)N1CCCC1C(=O)Nc1cc2c(Nc3ccc(OC)cc3)ncnc2cc1OC)C(C)(C)C. The second-order valence-corrected chi connectivity index (χ2v) is 11.6. The highest BCUT2D eigenvalue weighted by atomic mass is 16.5. The van der Waals surface area contributed by atoms with Crippen molar-refractivity contribution in [1.82, 2.24) is 25.5 Å². The molecule has 3 atom stereocenters. The fourth-order valence-corrected chi connectivity index (χ4v) is 4.99. The number of methoxy groups -OCH3 is 2. The second-order valence-electron chi connectivity index (χ2n) is 11.6. The normalized spacial score (nSPS) is 16.3. The molecule has 3 unspecified atom stereocenters. The van der Waals surface area contributed by atoms with Crippen LogP contribution >= 0.6 is 0 Å². The molecular formula is C31H41N7O5. The molecule has 3 aromatic rings. The molecule has 0 spiro atoms. The van der Waals surface area contributed by atoms with Gasteiger partial charge in [-0.05, 0) is 62.6 Å². The van der Waals surface area contributed by atoms with Gasteiger partial charge in [0.25, 0.3) is 0 Å². The number of likely N-dealkylation sites (N-methyl/N-ethyl adjacent to an activating group) is 1. The minimum atomic E-state index is -0.803. The molecule has 1 fully saturated rings. The van der Waals surface area contributed by atoms with Crippen LogP contribution in [0.25, 0.3) is 10.9 Å². The van der Waals surface area contributed by atoms with Crippen LogP contribution < -0.4 is 30.7 Å². The maximum Gasteiger partial charge on any atom is 0.247 e. The molecule has 12 heteroatoms. The highest BCUT2D eigenvalue weighted by Gasteiger charge is 2.42. The van der Waals surface area contributed by atoms with Crippen LogP contribution in [0.4, 0.5) is 17.2 Å². The lowest BCUT2D eigenvalue weighted by atomic mass is 9.85. The molecule has 12 nitrogen and oxygen atoms in total. The standard InChI is InChI=1S/C31H41N7O5/c1-18(32-5)28(39)37-26(31(2,3)4)30(41)38-14-8-9-24(38)29(40)36-23-15-21-22(16-25(23)43-7)33-17-34-27(21)35-19-10-12-20(42-6)13-11-19/h10-13,15-18,24,26,32H,8-9,14H2,1-7H3,(H,36,40)(H,37,39)(H,33,34,35). The molecule has 1 aliphatic rings. The highest BCUT2D eigenvalue weighted by Crippen LogP contribution is 2.34. The topological polar surface area (TPSA) is 147 Å². The first-order valence-corrected chi connectivity index (χ1v) is 14.3. The van der Waals surface area contributed by atoms with E-state index in [1.54, 1.807) is 38.1 Å². The van der Waals surface area contributed by atoms with E-state index in [-0.39, 0.29) is 17.7 Å². The van der Waals surface area contributed by atoms with Gasteiger partial charge in [0.15, 0.2) is 0 Å². The van der Waals surface area contributed by atoms with Crippen LogP contribution in [0.1, 0.15) is 40.5 Å². The molecular weight excluding hydrogens is 550 g/mol. The Hall–Kier alpha value is -4.45. The van der Waals surface area contributed by atoms with Gasteiger partial charge in [0.2, 0.25) is 17.7 Å². The molecule has 0 bridgehead atoms. The van der Waals surface area contributed by atoms with Crippen LogP contribution in [0, 0.1) is 5.41 Å². The lowest BCUT2D eigenvalue weighted by Crippen LogP contribution is -2.59. The zero-order valence-electron chi connectivity index (χ0n) is 25.8. The number of nitrogens with one attached hydrogen (secondary N) is 4. The van der Waals surface area contributed by atoms with Crippen molar-refractivity contribution in [2.45, 2.75) is 58.7 Å². The molecule has 1 aromatic heterocycles. The Kier molecular flexibility index (Phi) is 9.70. The van der Waals surface area contributed by atoms with E-state index in [4.69, 9.17) is 9.47 Å². The summed E-state index contributed by atoms with van der Waals surface area (Å²) < 4.78 is 10.8. The van der Waals surface area contributed by atoms with Crippen molar-refractivity contribution in [2.24, 2.45) is 5.41 Å². The van der Waals surface area contributed by atoms with Crippen LogP contribution in [0.5, 0.6) is 11.5 Å². The molecule has 4 rings (SSSR count). The number of amides is 3. The summed E-state index contributed by atoms with van der Waals surface area (Å²) in [6.07, 6.45) is 2.62. The van der Waals surface area contributed by atoms with E-state index in [1.165, 1.54) is 13.4 Å². The number of fused-ring (bicyclic) bond motifs is 1. The predicted octanol–water partition coefficient (Wildman–Crippen LogP) is 3.46. The molecule has 2 heterocycles. The fourth-order valence-electron chi connectivity index (χ4n) is 4.99. The number of anilines is 3. The van der Waals surface area contributed by atoms with Gasteiger partial charge in [-0.1, -0.05) is 20.8 Å². The van der Waals surface area contributed by atoms with E-state index in [9.17, 15) is 14.4 Å². The molecule has 3 amide bonds. The van der Waals surface area contributed by atoms with Crippen LogP contribution in [-0.4, -0.2) is 78.5 Å². The summed E-state index contributed by atoms with van der Waals surface area (Å²) in [7, 11) is 4.81. The van der Waals surface area contributed by atoms with Crippen molar-refractivity contribution >= 4 is 45.8 Å². The van der Waals surface area contributed by atoms with Gasteiger partial charge in [0.1, 0.15) is 35.7 Å². The maximum absolute atomic E-state index is 13.8. The van der Waals surface area contributed by atoms with Gasteiger partial charge in [0, 0.05) is 23.7 Å². The largest absolute Gasteiger partial charge is 0.497 e. The lowest BCUT2D eigenvalue weighted by molar-refractivity contribution is -0.143. The first-order chi connectivity index (χ1) is 20.5. The van der Waals surface area contributed by atoms with E-state index in [0.29, 0.717) is 47.5 Å². The Balaban J connectivity index is 1.59. The number of aromatic nitrogens is 2. The van der Waals surface area contributed by atoms with Crippen LogP contribution in [0.15, 0.2) is 42.7 Å². The van der Waals surface area contributed by atoms with Crippen molar-refractivity contribution in [3.8, 4) is 11.5 Å². The number of rotatable bonds is 10. The summed E-state index contributed by atoms with van der Waals surface area (Å²) in [4.78, 5) is 50.6. The average molecular weight is 592 g/mol. The van der Waals surface area contributed by atoms with E-state index in [0.717, 1.165) is 11.4 Å². The molecule has 230 valence electrons. The third kappa shape index (κ3) is 7.14. The third-order valence-electron chi connectivity index (χ3n) is 7.63. The third-order valence-corrected chi connectivity index (χ3v) is 7.63. The Labute approximate surface area is 251 Å². The Morgan fingerprint density at radius 2 is 1.77 bits per heavy atom. The molecule has 2 aromatic carbocycles. The summed E-state index contributed by atoms with van der Waals surface area (Å²) in [6.45, 7) is 7.82. The first kappa shape index (κ1) is 31.5. The monoisotopic (exact) mass is 591 g/mol. The number of carbonyl (C=O) groups excluding carboxylic acids is 3. The van der Waals surface area contributed by atoms with E-state index in [1.807, 2.05) is 45.0 Å². The summed E-state index contributed by atoms with van der Waals surface area (Å²) in [6, 6.07) is 8.94. The lowest BCUT2D eigenvalue weighted by Gasteiger charge is -2.36. The summed E-state index contributed by atoms with van der Waals surface area (Å²) >= 11 is 0. The summed E-state index contributed by atoms with van der Waals surface area (Å²) in [5.41, 5.74) is 1.28. The smallest absolute Gasteiger partial charge is 0.247 e. The number of hydrogen-bond donors (Lipinski definition) is 4. The van der Waals surface area contributed by atoms with Crippen molar-refractivity contribution in [3.63, 3.8) is 0 Å². The number of carbonyl (C=O) groups is 3. The fraction of sp³-hybridized carbons (Fsp3) is 0.452. The van der Waals surface area contributed by atoms with Crippen LogP contribution in [0.2, 0.25) is 0 Å². The van der Waals surface area contributed by atoms with E-state index in [2.05, 4.69) is 31.2 Å². The van der Waals surface area contributed by atoms with Gasteiger partial charge < -0.3 is 35.6 Å². The molecule has 0 aliphatic carbocycles. The zero-order chi connectivity index (χ0) is 31.3. The van der Waals surface area contributed by atoms with Crippen LogP contribution in [0.3, 0.4) is 0 Å². The second kappa shape index (κ2) is 13.2. The Morgan fingerprint density at radius 1 is 1.05 bits per heavy atom. The molecule has 43 heavy (non-hydrogen) atoms. The molecule has 0 saturated carbocycles. The molecule has 1 saturated heterocycles. The Morgan fingerprint density at radius 3 is 2.40 bits per heavy atom. The summed E-state index contributed by atoms with van der Waals surface area (Å²) in [5, 5.41) is 12.7. The predicted molar refractivity (Wildman–Crippen MR) is 166 cm³/mol. The first-order valence-electron chi connectivity index (χ1n) is 14.3. The minimum Gasteiger partial charge on any atom is -0.497 e. The number of hydrogen-bond acceptors (Lipinski definition) is 9. The number of nitrogens with zero attached hydrogens (tertiary/aromatic N) is 3. The molecule has 1 aliphatic heterocycles. The Bertz CT molecular complexity index is 1470. The number of likely N-dealkylation sites (tertiary alicyclic amines) is 1. The van der Waals surface area contributed by atoms with Gasteiger partial charge in [-0.3, -0.25) is 14.4 Å². The number of benzene rings is 2. The van der Waals surface area contributed by atoms with E-state index < -0.39 is 23.5 Å². The zero-order valence-corrected chi connectivity index (χ0v) is 25.8. The van der Waals surface area contributed by atoms with Gasteiger partial charge in [-0.2, -0.15) is 0 Å². The average Bonchev–Trinajstić information content (AvgIpc) is 3.49. The van der Waals surface area contributed by atoms with Gasteiger partial charge >= 0.3 is 0 Å². The van der Waals surface area contributed by atoms with E-state index >= 15 is 0 Å². The summed E-state index contributed by atoms with van der Waals surface area (Å²) in [5.74, 6) is 0.797. The van der Waals surface area contributed by atoms with Gasteiger partial charge in [0.05, 0.1) is 31.5 Å². The number of ether oxygens (including phenoxy) is 2. The van der Waals surface area contributed by atoms with Crippen molar-refractivity contribution in [2.75, 3.05) is 38.4 Å². The molecule has 0 radical (unpaired) electrons. The van der Waals surface area contributed by atoms with Gasteiger partial charge in [-0.25, -0.2) is 9.97 Å². The van der Waals surface area contributed by atoms with Crippen molar-refractivity contribution < 1.29 is 23.9 Å². The van der Waals surface area contributed by atoms with Crippen molar-refractivity contribution in [1.29, 1.82) is 0 Å². The van der Waals surface area contributed by atoms with Crippen LogP contribution in [-0.2, 0) is 14.4 Å². The highest BCUT2D eigenvalue weighted by molar-refractivity contribution is 6.03.